The zero-order valence-electron chi connectivity index (χ0n) is 30.9. The summed E-state index contributed by atoms with van der Waals surface area (Å²) in [6, 6.07) is -2.65. The first-order chi connectivity index (χ1) is 23.2. The van der Waals surface area contributed by atoms with Crippen molar-refractivity contribution >= 4 is 39.4 Å². The van der Waals surface area contributed by atoms with Gasteiger partial charge in [-0.15, -0.1) is 6.58 Å². The summed E-state index contributed by atoms with van der Waals surface area (Å²) in [5.74, 6) is -2.46. The number of nitrogens with zero attached hydrogens (tertiary/aromatic N) is 1. The molecule has 4 saturated carbocycles. The van der Waals surface area contributed by atoms with Crippen LogP contribution in [0, 0.1) is 23.2 Å². The van der Waals surface area contributed by atoms with E-state index >= 15 is 0 Å². The molecule has 5 amide bonds. The van der Waals surface area contributed by atoms with Gasteiger partial charge in [0, 0.05) is 18.5 Å². The van der Waals surface area contributed by atoms with E-state index in [1.165, 1.54) is 4.90 Å². The van der Waals surface area contributed by atoms with Gasteiger partial charge in [0.15, 0.2) is 9.84 Å². The molecule has 0 spiro atoms. The molecule has 0 aromatic heterocycles. The summed E-state index contributed by atoms with van der Waals surface area (Å²) in [5, 5.41) is 11.6. The van der Waals surface area contributed by atoms with Gasteiger partial charge in [0.1, 0.15) is 17.6 Å². The molecule has 0 radical (unpaired) electrons. The second kappa shape index (κ2) is 13.9. The summed E-state index contributed by atoms with van der Waals surface area (Å²) in [4.78, 5) is 70.4. The highest BCUT2D eigenvalue weighted by Gasteiger charge is 2.64. The third kappa shape index (κ3) is 8.39. The predicted octanol–water partition coefficient (Wildman–Crippen LogP) is 3.54. The molecule has 4 aliphatic carbocycles. The van der Waals surface area contributed by atoms with E-state index in [1.807, 2.05) is 20.8 Å². The number of carbonyl (C=O) groups excluding carboxylic acids is 5. The van der Waals surface area contributed by atoms with E-state index in [1.54, 1.807) is 26.8 Å². The minimum absolute atomic E-state index is 0.00263. The molecule has 5 rings (SSSR count). The van der Waals surface area contributed by atoms with E-state index in [-0.39, 0.29) is 24.3 Å². The van der Waals surface area contributed by atoms with Crippen LogP contribution in [0.15, 0.2) is 12.7 Å². The zero-order chi connectivity index (χ0) is 36.9. The summed E-state index contributed by atoms with van der Waals surface area (Å²) < 4.78 is 25.6. The van der Waals surface area contributed by atoms with Crippen LogP contribution >= 0.6 is 0 Å². The number of ketones is 1. The largest absolute Gasteiger partial charge is 0.347 e. The highest BCUT2D eigenvalue weighted by Crippen LogP contribution is 2.52. The fourth-order valence-electron chi connectivity index (χ4n) is 7.82. The van der Waals surface area contributed by atoms with Crippen LogP contribution in [0.25, 0.3) is 0 Å². The van der Waals surface area contributed by atoms with E-state index in [4.69, 9.17) is 0 Å². The summed E-state index contributed by atoms with van der Waals surface area (Å²) in [7, 11) is -3.57. The lowest BCUT2D eigenvalue weighted by atomic mass is 9.83. The van der Waals surface area contributed by atoms with Gasteiger partial charge in [0.05, 0.1) is 16.0 Å². The average molecular weight is 718 g/mol. The average Bonchev–Trinajstić information content (AvgIpc) is 3.96. The SMILES string of the molecule is C=C[C@H]1CCN(C(=O)[C@@H](NC(=O)NC2(CS(=O)(=O)C(C)(C)C)CCCCC2)C(C)(C)C)[C@@H]1C(=O)NC1(C(=O)C(=O)NC2CC2)CC1CC1CC1. The van der Waals surface area contributed by atoms with Gasteiger partial charge >= 0.3 is 6.03 Å². The van der Waals surface area contributed by atoms with Gasteiger partial charge in [0.2, 0.25) is 17.6 Å². The Kier molecular flexibility index (Phi) is 10.6. The molecule has 1 saturated heterocycles. The fraction of sp³-hybridized carbons (Fsp3) is 0.811. The molecule has 1 heterocycles. The van der Waals surface area contributed by atoms with E-state index in [2.05, 4.69) is 27.8 Å². The van der Waals surface area contributed by atoms with E-state index in [9.17, 15) is 32.4 Å². The normalized spacial score (nSPS) is 28.6. The first-order valence-corrected chi connectivity index (χ1v) is 20.3. The Morgan fingerprint density at radius 1 is 0.920 bits per heavy atom. The van der Waals surface area contributed by atoms with Crippen molar-refractivity contribution in [1.82, 2.24) is 26.2 Å². The molecule has 4 N–H and O–H groups in total. The van der Waals surface area contributed by atoms with E-state index < -0.39 is 78.6 Å². The standard InChI is InChI=1S/C37H59N5O7S/c1-8-24-16-19-42(27(24)30(44)40-37(21-25(37)20-23-12-13-23)29(43)31(45)38-26-14-15-26)32(46)28(34(2,3)4)39-33(47)41-36(17-10-9-11-18-36)22-50(48,49)35(5,6)7/h8,23-28H,1,9-22H2,2-7H3,(H,38,45)(H,40,44)(H2,39,41,47)/t24-,25?,27-,28+,37?/m0/s1. The van der Waals surface area contributed by atoms with Gasteiger partial charge in [-0.2, -0.15) is 0 Å². The fourth-order valence-corrected chi connectivity index (χ4v) is 9.34. The maximum absolute atomic E-state index is 14.4. The first kappa shape index (κ1) is 38.3. The van der Waals surface area contributed by atoms with Gasteiger partial charge in [-0.3, -0.25) is 19.2 Å². The lowest BCUT2D eigenvalue weighted by Crippen LogP contribution is -2.64. The van der Waals surface area contributed by atoms with Crippen LogP contribution in [0.4, 0.5) is 4.79 Å². The highest BCUT2D eigenvalue weighted by atomic mass is 32.2. The summed E-state index contributed by atoms with van der Waals surface area (Å²) in [6.45, 7) is 14.6. The summed E-state index contributed by atoms with van der Waals surface area (Å²) in [5.41, 5.74) is -3.02. The monoisotopic (exact) mass is 717 g/mol. The van der Waals surface area contributed by atoms with Crippen LogP contribution in [0.1, 0.15) is 119 Å². The van der Waals surface area contributed by atoms with Crippen molar-refractivity contribution in [3.05, 3.63) is 12.7 Å². The third-order valence-corrected chi connectivity index (χ3v) is 14.4. The molecule has 280 valence electrons. The van der Waals surface area contributed by atoms with E-state index in [0.29, 0.717) is 31.6 Å². The van der Waals surface area contributed by atoms with E-state index in [0.717, 1.165) is 51.4 Å². The number of rotatable bonds is 13. The number of carbonyl (C=O) groups is 5. The van der Waals surface area contributed by atoms with Crippen LogP contribution in [0.2, 0.25) is 0 Å². The number of sulfone groups is 1. The first-order valence-electron chi connectivity index (χ1n) is 18.6. The molecule has 12 nitrogen and oxygen atoms in total. The molecule has 50 heavy (non-hydrogen) atoms. The smallest absolute Gasteiger partial charge is 0.315 e. The maximum Gasteiger partial charge on any atom is 0.315 e. The Morgan fingerprint density at radius 3 is 2.10 bits per heavy atom. The van der Waals surface area contributed by atoms with Gasteiger partial charge in [-0.25, -0.2) is 13.2 Å². The molecule has 13 heteroatoms. The molecule has 0 aromatic carbocycles. The molecular weight excluding hydrogens is 659 g/mol. The Balaban J connectivity index is 1.34. The van der Waals surface area contributed by atoms with Gasteiger partial charge in [0.25, 0.3) is 5.91 Å². The summed E-state index contributed by atoms with van der Waals surface area (Å²) >= 11 is 0. The topological polar surface area (TPSA) is 171 Å². The molecule has 0 aromatic rings. The highest BCUT2D eigenvalue weighted by molar-refractivity contribution is 7.92. The van der Waals surface area contributed by atoms with Crippen LogP contribution in [-0.2, 0) is 29.0 Å². The molecule has 5 fully saturated rings. The van der Waals surface area contributed by atoms with Crippen molar-refractivity contribution in [2.45, 2.75) is 153 Å². The minimum Gasteiger partial charge on any atom is -0.347 e. The van der Waals surface area contributed by atoms with Crippen LogP contribution in [-0.4, -0.2) is 89.1 Å². The minimum atomic E-state index is -3.57. The molecule has 5 atom stereocenters. The van der Waals surface area contributed by atoms with Gasteiger partial charge in [-0.1, -0.05) is 59.0 Å². The predicted molar refractivity (Wildman–Crippen MR) is 191 cm³/mol. The Hall–Kier alpha value is -2.96. The van der Waals surface area contributed by atoms with Crippen molar-refractivity contribution in [2.24, 2.45) is 23.2 Å². The second-order valence-corrected chi connectivity index (χ2v) is 20.6. The van der Waals surface area contributed by atoms with Crippen molar-refractivity contribution < 1.29 is 32.4 Å². The molecule has 0 bridgehead atoms. The number of hydrogen-bond donors (Lipinski definition) is 4. The number of nitrogens with one attached hydrogen (secondary N) is 4. The van der Waals surface area contributed by atoms with Gasteiger partial charge in [-0.05, 0) is 83.0 Å². The molecular formula is C37H59N5O7S. The number of likely N-dealkylation sites (tertiary alicyclic amines) is 1. The zero-order valence-corrected chi connectivity index (χ0v) is 31.7. The lowest BCUT2D eigenvalue weighted by Gasteiger charge is -2.41. The van der Waals surface area contributed by atoms with Crippen molar-refractivity contribution in [3.63, 3.8) is 0 Å². The third-order valence-electron chi connectivity index (χ3n) is 11.6. The quantitative estimate of drug-likeness (QED) is 0.167. The van der Waals surface area contributed by atoms with Crippen LogP contribution < -0.4 is 21.3 Å². The van der Waals surface area contributed by atoms with Crippen LogP contribution in [0.3, 0.4) is 0 Å². The number of Topliss-reactive ketones (excluding diaryl/α,β-unsaturated/α-hetero) is 1. The molecule has 1 aliphatic heterocycles. The van der Waals surface area contributed by atoms with Crippen molar-refractivity contribution in [3.8, 4) is 0 Å². The Labute approximate surface area is 298 Å². The van der Waals surface area contributed by atoms with Gasteiger partial charge < -0.3 is 26.2 Å². The number of amides is 5. The molecule has 5 aliphatic rings. The lowest BCUT2D eigenvalue weighted by molar-refractivity contribution is -0.145. The maximum atomic E-state index is 14.4. The number of hydrogen-bond acceptors (Lipinski definition) is 7. The Morgan fingerprint density at radius 2 is 1.56 bits per heavy atom. The second-order valence-electron chi connectivity index (χ2n) is 17.9. The Bertz CT molecular complexity index is 1480. The number of urea groups is 1. The van der Waals surface area contributed by atoms with Crippen molar-refractivity contribution in [2.75, 3.05) is 12.3 Å². The van der Waals surface area contributed by atoms with Crippen LogP contribution in [0.5, 0.6) is 0 Å². The summed E-state index contributed by atoms with van der Waals surface area (Å²) in [6.07, 6.45) is 10.6. The molecule has 2 unspecified atom stereocenters. The van der Waals surface area contributed by atoms with Crippen molar-refractivity contribution in [1.29, 1.82) is 0 Å².